The minimum absolute atomic E-state index is 0.730. The smallest absolute Gasteiger partial charge is 0.191 e. The van der Waals surface area contributed by atoms with Crippen molar-refractivity contribution in [3.63, 3.8) is 0 Å². The van der Waals surface area contributed by atoms with E-state index in [0.717, 1.165) is 64.4 Å². The van der Waals surface area contributed by atoms with Crippen LogP contribution in [0.1, 0.15) is 31.0 Å². The summed E-state index contributed by atoms with van der Waals surface area (Å²) in [6, 6.07) is 12.1. The lowest BCUT2D eigenvalue weighted by Gasteiger charge is -2.18. The summed E-state index contributed by atoms with van der Waals surface area (Å²) in [6.45, 7) is 3.19. The van der Waals surface area contributed by atoms with Gasteiger partial charge in [-0.25, -0.2) is 9.97 Å². The maximum atomic E-state index is 6.04. The van der Waals surface area contributed by atoms with Gasteiger partial charge in [-0.3, -0.25) is 4.40 Å². The SMILES string of the molecule is CCc1nc2ccc(C3=CNCCC3)cn2c1N(C)c1nc(-c2ccc(Cl)cc2)cs1. The van der Waals surface area contributed by atoms with E-state index in [0.29, 0.717) is 0 Å². The second-order valence-electron chi connectivity index (χ2n) is 7.69. The molecule has 0 unspecified atom stereocenters. The van der Waals surface area contributed by atoms with Gasteiger partial charge >= 0.3 is 0 Å². The van der Waals surface area contributed by atoms with E-state index in [9.17, 15) is 0 Å². The third-order valence-electron chi connectivity index (χ3n) is 5.65. The number of nitrogens with one attached hydrogen (secondary N) is 1. The van der Waals surface area contributed by atoms with Crippen LogP contribution in [0.2, 0.25) is 5.02 Å². The normalized spacial score (nSPS) is 13.8. The van der Waals surface area contributed by atoms with E-state index in [2.05, 4.69) is 58.5 Å². The van der Waals surface area contributed by atoms with E-state index in [1.807, 2.05) is 24.3 Å². The average molecular weight is 450 g/mol. The molecule has 158 valence electrons. The summed E-state index contributed by atoms with van der Waals surface area (Å²) in [5.41, 5.74) is 6.62. The number of allylic oxidation sites excluding steroid dienone is 1. The number of nitrogens with zero attached hydrogens (tertiary/aromatic N) is 4. The van der Waals surface area contributed by atoms with E-state index in [-0.39, 0.29) is 0 Å². The minimum Gasteiger partial charge on any atom is -0.391 e. The zero-order valence-electron chi connectivity index (χ0n) is 17.6. The molecule has 0 atom stereocenters. The summed E-state index contributed by atoms with van der Waals surface area (Å²) >= 11 is 7.67. The van der Waals surface area contributed by atoms with E-state index >= 15 is 0 Å². The van der Waals surface area contributed by atoms with Gasteiger partial charge in [-0.1, -0.05) is 30.7 Å². The maximum absolute atomic E-state index is 6.04. The van der Waals surface area contributed by atoms with E-state index in [1.165, 1.54) is 11.1 Å². The first-order valence-corrected chi connectivity index (χ1v) is 11.8. The highest BCUT2D eigenvalue weighted by Gasteiger charge is 2.20. The van der Waals surface area contributed by atoms with Gasteiger partial charge in [0.2, 0.25) is 0 Å². The first kappa shape index (κ1) is 20.1. The monoisotopic (exact) mass is 449 g/mol. The molecule has 5 nitrogen and oxygen atoms in total. The number of imidazole rings is 1. The van der Waals surface area contributed by atoms with Crippen molar-refractivity contribution >= 4 is 45.1 Å². The molecule has 7 heteroatoms. The highest BCUT2D eigenvalue weighted by molar-refractivity contribution is 7.14. The molecule has 0 amide bonds. The predicted molar refractivity (Wildman–Crippen MR) is 130 cm³/mol. The summed E-state index contributed by atoms with van der Waals surface area (Å²) in [4.78, 5) is 11.9. The molecule has 1 aromatic carbocycles. The van der Waals surface area contributed by atoms with Gasteiger partial charge in [-0.05, 0) is 54.7 Å². The molecule has 0 spiro atoms. The third kappa shape index (κ3) is 3.82. The highest BCUT2D eigenvalue weighted by Crippen LogP contribution is 2.34. The van der Waals surface area contributed by atoms with Gasteiger partial charge < -0.3 is 10.2 Å². The number of thiazole rings is 1. The fourth-order valence-electron chi connectivity index (χ4n) is 4.00. The Kier molecular flexibility index (Phi) is 5.42. The Labute approximate surface area is 191 Å². The Morgan fingerprint density at radius 2 is 1.94 bits per heavy atom. The second-order valence-corrected chi connectivity index (χ2v) is 8.96. The molecule has 0 radical (unpaired) electrons. The number of benzene rings is 1. The zero-order chi connectivity index (χ0) is 21.4. The second kappa shape index (κ2) is 8.36. The summed E-state index contributed by atoms with van der Waals surface area (Å²) in [5.74, 6) is 1.07. The Morgan fingerprint density at radius 3 is 2.68 bits per heavy atom. The lowest BCUT2D eigenvalue weighted by molar-refractivity contribution is 0.739. The van der Waals surface area contributed by atoms with E-state index < -0.39 is 0 Å². The fourth-order valence-corrected chi connectivity index (χ4v) is 4.93. The predicted octanol–water partition coefficient (Wildman–Crippen LogP) is 6.17. The maximum Gasteiger partial charge on any atom is 0.191 e. The van der Waals surface area contributed by atoms with Gasteiger partial charge in [-0.2, -0.15) is 0 Å². The molecule has 31 heavy (non-hydrogen) atoms. The minimum atomic E-state index is 0.730. The zero-order valence-corrected chi connectivity index (χ0v) is 19.2. The molecular weight excluding hydrogens is 426 g/mol. The van der Waals surface area contributed by atoms with Crippen molar-refractivity contribution in [3.8, 4) is 11.3 Å². The van der Waals surface area contributed by atoms with Crippen LogP contribution in [0.3, 0.4) is 0 Å². The molecule has 4 heterocycles. The van der Waals surface area contributed by atoms with Crippen LogP contribution in [0.5, 0.6) is 0 Å². The number of aryl methyl sites for hydroxylation is 1. The van der Waals surface area contributed by atoms with Crippen molar-refractivity contribution in [1.29, 1.82) is 0 Å². The van der Waals surface area contributed by atoms with Crippen molar-refractivity contribution in [2.75, 3.05) is 18.5 Å². The standard InChI is InChI=1S/C24H24ClN5S/c1-3-20-23(29(2)24-28-21(15-31-24)16-6-9-19(25)10-7-16)30-14-18(8-11-22(30)27-20)17-5-4-12-26-13-17/h6-11,13-15,26H,3-5,12H2,1-2H3. The Bertz CT molecular complexity index is 1250. The molecule has 0 saturated carbocycles. The number of anilines is 2. The summed E-state index contributed by atoms with van der Waals surface area (Å²) in [7, 11) is 2.07. The fraction of sp³-hybridized carbons (Fsp3) is 0.250. The Balaban J connectivity index is 1.55. The average Bonchev–Trinajstić information content (AvgIpc) is 3.44. The number of hydrogen-bond donors (Lipinski definition) is 1. The van der Waals surface area contributed by atoms with Crippen LogP contribution in [0, 0.1) is 0 Å². The van der Waals surface area contributed by atoms with Crippen LogP contribution >= 0.6 is 22.9 Å². The van der Waals surface area contributed by atoms with Gasteiger partial charge in [0.25, 0.3) is 0 Å². The summed E-state index contributed by atoms with van der Waals surface area (Å²) < 4.78 is 2.20. The topological polar surface area (TPSA) is 45.5 Å². The van der Waals surface area contributed by atoms with Gasteiger partial charge in [0.05, 0.1) is 11.4 Å². The van der Waals surface area contributed by atoms with Crippen molar-refractivity contribution in [2.45, 2.75) is 26.2 Å². The van der Waals surface area contributed by atoms with E-state index in [1.54, 1.807) is 11.3 Å². The molecule has 0 saturated heterocycles. The molecular formula is C24H24ClN5S. The van der Waals surface area contributed by atoms with Gasteiger partial charge in [0.15, 0.2) is 5.13 Å². The third-order valence-corrected chi connectivity index (χ3v) is 6.82. The summed E-state index contributed by atoms with van der Waals surface area (Å²) in [5, 5.41) is 7.13. The largest absolute Gasteiger partial charge is 0.391 e. The van der Waals surface area contributed by atoms with Gasteiger partial charge in [-0.15, -0.1) is 11.3 Å². The van der Waals surface area contributed by atoms with Crippen LogP contribution in [0.25, 0.3) is 22.5 Å². The molecule has 5 rings (SSSR count). The number of aromatic nitrogens is 3. The molecule has 1 N–H and O–H groups in total. The van der Waals surface area contributed by atoms with Crippen LogP contribution in [-0.4, -0.2) is 28.0 Å². The van der Waals surface area contributed by atoms with Crippen molar-refractivity contribution < 1.29 is 0 Å². The van der Waals surface area contributed by atoms with Crippen molar-refractivity contribution in [1.82, 2.24) is 19.7 Å². The van der Waals surface area contributed by atoms with Crippen LogP contribution < -0.4 is 10.2 Å². The first-order valence-electron chi connectivity index (χ1n) is 10.5. The lowest BCUT2D eigenvalue weighted by Crippen LogP contribution is -2.14. The Hall–Kier alpha value is -2.83. The number of rotatable bonds is 5. The van der Waals surface area contributed by atoms with E-state index in [4.69, 9.17) is 21.6 Å². The van der Waals surface area contributed by atoms with Gasteiger partial charge in [0.1, 0.15) is 11.5 Å². The van der Waals surface area contributed by atoms with Crippen LogP contribution in [0.15, 0.2) is 54.2 Å². The van der Waals surface area contributed by atoms with Crippen LogP contribution in [0.4, 0.5) is 10.9 Å². The van der Waals surface area contributed by atoms with Gasteiger partial charge in [0, 0.05) is 42.0 Å². The molecule has 0 aliphatic carbocycles. The lowest BCUT2D eigenvalue weighted by atomic mass is 10.0. The van der Waals surface area contributed by atoms with Crippen molar-refractivity contribution in [3.05, 3.63) is 70.5 Å². The number of pyridine rings is 1. The first-order chi connectivity index (χ1) is 15.1. The quantitative estimate of drug-likeness (QED) is 0.396. The highest BCUT2D eigenvalue weighted by atomic mass is 35.5. The summed E-state index contributed by atoms with van der Waals surface area (Å²) in [6.07, 6.45) is 7.46. The Morgan fingerprint density at radius 1 is 1.13 bits per heavy atom. The molecule has 0 bridgehead atoms. The number of fused-ring (bicyclic) bond motifs is 1. The molecule has 1 aliphatic heterocycles. The number of halogens is 1. The molecule has 4 aromatic rings. The number of hydrogen-bond acceptors (Lipinski definition) is 5. The molecule has 3 aromatic heterocycles. The molecule has 0 fully saturated rings. The van der Waals surface area contributed by atoms with Crippen LogP contribution in [-0.2, 0) is 6.42 Å². The van der Waals surface area contributed by atoms with Crippen molar-refractivity contribution in [2.24, 2.45) is 0 Å². The molecule has 1 aliphatic rings.